The van der Waals surface area contributed by atoms with E-state index in [4.69, 9.17) is 4.74 Å². The molecule has 1 unspecified atom stereocenters. The Balaban J connectivity index is 2.16. The van der Waals surface area contributed by atoms with Gasteiger partial charge in [-0.25, -0.2) is 4.98 Å². The van der Waals surface area contributed by atoms with Gasteiger partial charge < -0.3 is 9.14 Å². The molecule has 2 aromatic heterocycles. The summed E-state index contributed by atoms with van der Waals surface area (Å²) >= 11 is 0. The summed E-state index contributed by atoms with van der Waals surface area (Å²) in [6.07, 6.45) is 3.82. The van der Waals surface area contributed by atoms with E-state index in [1.807, 2.05) is 49.7 Å². The molecular formula is C15H21N3O2. The molecule has 0 bridgehead atoms. The van der Waals surface area contributed by atoms with Gasteiger partial charge >= 0.3 is 5.97 Å². The Kier molecular flexibility index (Phi) is 4.39. The minimum absolute atomic E-state index is 0.170. The lowest BCUT2D eigenvalue weighted by atomic mass is 10.0. The van der Waals surface area contributed by atoms with Gasteiger partial charge in [0.1, 0.15) is 11.7 Å². The molecular weight excluding hydrogens is 254 g/mol. The molecule has 0 saturated carbocycles. The van der Waals surface area contributed by atoms with Crippen molar-refractivity contribution in [2.24, 2.45) is 5.92 Å². The Morgan fingerprint density at radius 3 is 2.90 bits per heavy atom. The maximum absolute atomic E-state index is 11.7. The van der Waals surface area contributed by atoms with Crippen molar-refractivity contribution >= 4 is 11.6 Å². The maximum Gasteiger partial charge on any atom is 0.323 e. The Morgan fingerprint density at radius 2 is 2.25 bits per heavy atom. The van der Waals surface area contributed by atoms with Gasteiger partial charge in [0, 0.05) is 12.7 Å². The van der Waals surface area contributed by atoms with E-state index in [1.165, 1.54) is 7.11 Å². The first-order valence-corrected chi connectivity index (χ1v) is 6.77. The van der Waals surface area contributed by atoms with Crippen LogP contribution in [0, 0.1) is 12.8 Å². The van der Waals surface area contributed by atoms with E-state index < -0.39 is 0 Å². The molecule has 0 aliphatic rings. The number of methoxy groups -OCH3 is 1. The second kappa shape index (κ2) is 6.05. The fraction of sp³-hybridized carbons (Fsp3) is 0.467. The number of carbonyl (C=O) groups is 1. The molecule has 0 radical (unpaired) electrons. The lowest BCUT2D eigenvalue weighted by Gasteiger charge is -2.19. The normalized spacial score (nSPS) is 12.8. The van der Waals surface area contributed by atoms with Gasteiger partial charge in [0.25, 0.3) is 0 Å². The summed E-state index contributed by atoms with van der Waals surface area (Å²) in [6.45, 7) is 6.59. The van der Waals surface area contributed by atoms with Crippen molar-refractivity contribution in [1.29, 1.82) is 0 Å². The molecule has 5 heteroatoms. The Hall–Kier alpha value is -1.88. The Labute approximate surface area is 119 Å². The number of fused-ring (bicyclic) bond motifs is 1. The molecule has 20 heavy (non-hydrogen) atoms. The largest absolute Gasteiger partial charge is 0.468 e. The zero-order chi connectivity index (χ0) is 14.7. The van der Waals surface area contributed by atoms with E-state index in [2.05, 4.69) is 10.3 Å². The van der Waals surface area contributed by atoms with Gasteiger partial charge in [0.05, 0.1) is 19.0 Å². The quantitative estimate of drug-likeness (QED) is 0.847. The molecule has 0 fully saturated rings. The zero-order valence-corrected chi connectivity index (χ0v) is 12.4. The first kappa shape index (κ1) is 14.5. The fourth-order valence-electron chi connectivity index (χ4n) is 2.27. The second-order valence-electron chi connectivity index (χ2n) is 5.26. The van der Waals surface area contributed by atoms with Gasteiger partial charge in [-0.2, -0.15) is 0 Å². The van der Waals surface area contributed by atoms with Gasteiger partial charge in [-0.15, -0.1) is 0 Å². The number of aryl methyl sites for hydroxylation is 1. The van der Waals surface area contributed by atoms with Crippen LogP contribution in [0.3, 0.4) is 0 Å². The molecule has 0 spiro atoms. The molecule has 2 aromatic rings. The van der Waals surface area contributed by atoms with Crippen LogP contribution >= 0.6 is 0 Å². The fourth-order valence-corrected chi connectivity index (χ4v) is 2.27. The van der Waals surface area contributed by atoms with Crippen LogP contribution < -0.4 is 5.32 Å². The van der Waals surface area contributed by atoms with Crippen molar-refractivity contribution in [3.63, 3.8) is 0 Å². The molecule has 1 atom stereocenters. The molecule has 0 saturated heterocycles. The molecule has 0 aliphatic heterocycles. The number of aromatic nitrogens is 2. The van der Waals surface area contributed by atoms with Gasteiger partial charge in [-0.1, -0.05) is 19.9 Å². The molecule has 108 valence electrons. The van der Waals surface area contributed by atoms with Gasteiger partial charge in [-0.05, 0) is 24.5 Å². The predicted molar refractivity (Wildman–Crippen MR) is 77.4 cm³/mol. The van der Waals surface area contributed by atoms with Gasteiger partial charge in [0.15, 0.2) is 0 Å². The van der Waals surface area contributed by atoms with Crippen LogP contribution in [0.1, 0.15) is 25.1 Å². The number of esters is 1. The summed E-state index contributed by atoms with van der Waals surface area (Å²) < 4.78 is 6.86. The third-order valence-electron chi connectivity index (χ3n) is 3.43. The molecule has 0 amide bonds. The van der Waals surface area contributed by atoms with Crippen molar-refractivity contribution in [1.82, 2.24) is 14.7 Å². The van der Waals surface area contributed by atoms with Crippen molar-refractivity contribution in [3.8, 4) is 0 Å². The summed E-state index contributed by atoms with van der Waals surface area (Å²) in [5.41, 5.74) is 3.11. The number of hydrogen-bond donors (Lipinski definition) is 1. The lowest BCUT2D eigenvalue weighted by molar-refractivity contribution is -0.144. The average Bonchev–Trinajstić information content (AvgIpc) is 2.83. The molecule has 2 heterocycles. The number of nitrogens with zero attached hydrogens (tertiary/aromatic N) is 2. The van der Waals surface area contributed by atoms with Crippen molar-refractivity contribution in [2.75, 3.05) is 7.11 Å². The van der Waals surface area contributed by atoms with Crippen LogP contribution in [0.5, 0.6) is 0 Å². The topological polar surface area (TPSA) is 55.6 Å². The van der Waals surface area contributed by atoms with Crippen LogP contribution in [-0.2, 0) is 16.1 Å². The molecule has 2 rings (SSSR count). The van der Waals surface area contributed by atoms with Crippen LogP contribution in [0.25, 0.3) is 5.65 Å². The van der Waals surface area contributed by atoms with Crippen LogP contribution in [0.4, 0.5) is 0 Å². The summed E-state index contributed by atoms with van der Waals surface area (Å²) in [5, 5.41) is 3.25. The van der Waals surface area contributed by atoms with E-state index in [-0.39, 0.29) is 17.9 Å². The van der Waals surface area contributed by atoms with Crippen molar-refractivity contribution in [2.45, 2.75) is 33.4 Å². The van der Waals surface area contributed by atoms with E-state index in [0.29, 0.717) is 6.54 Å². The Bertz CT molecular complexity index is 604. The highest BCUT2D eigenvalue weighted by Gasteiger charge is 2.22. The SMILES string of the molecule is COC(=O)C(NCc1cnc2c(C)cccn12)C(C)C. The zero-order valence-electron chi connectivity index (χ0n) is 12.4. The monoisotopic (exact) mass is 275 g/mol. The molecule has 1 N–H and O–H groups in total. The third-order valence-corrected chi connectivity index (χ3v) is 3.43. The highest BCUT2D eigenvalue weighted by atomic mass is 16.5. The number of carbonyl (C=O) groups excluding carboxylic acids is 1. The van der Waals surface area contributed by atoms with E-state index in [1.54, 1.807) is 0 Å². The van der Waals surface area contributed by atoms with E-state index in [9.17, 15) is 4.79 Å². The van der Waals surface area contributed by atoms with Crippen LogP contribution in [-0.4, -0.2) is 28.5 Å². The minimum Gasteiger partial charge on any atom is -0.468 e. The predicted octanol–water partition coefficient (Wildman–Crippen LogP) is 1.93. The number of nitrogens with one attached hydrogen (secondary N) is 1. The standard InChI is InChI=1S/C15H21N3O2/c1-10(2)13(15(19)20-4)16-8-12-9-17-14-11(3)6-5-7-18(12)14/h5-7,9-10,13,16H,8H2,1-4H3. The first-order chi connectivity index (χ1) is 9.54. The highest BCUT2D eigenvalue weighted by molar-refractivity contribution is 5.75. The summed E-state index contributed by atoms with van der Waals surface area (Å²) in [6, 6.07) is 3.72. The van der Waals surface area contributed by atoms with Gasteiger partial charge in [0.2, 0.25) is 0 Å². The molecule has 0 aliphatic carbocycles. The molecule has 5 nitrogen and oxygen atoms in total. The maximum atomic E-state index is 11.7. The highest BCUT2D eigenvalue weighted by Crippen LogP contribution is 2.12. The number of ether oxygens (including phenoxy) is 1. The van der Waals surface area contributed by atoms with Crippen molar-refractivity contribution in [3.05, 3.63) is 35.8 Å². The number of pyridine rings is 1. The summed E-state index contributed by atoms with van der Waals surface area (Å²) in [4.78, 5) is 16.1. The van der Waals surface area contributed by atoms with Crippen LogP contribution in [0.15, 0.2) is 24.5 Å². The third kappa shape index (κ3) is 2.82. The Morgan fingerprint density at radius 1 is 1.50 bits per heavy atom. The number of imidazole rings is 1. The van der Waals surface area contributed by atoms with E-state index in [0.717, 1.165) is 16.9 Å². The van der Waals surface area contributed by atoms with E-state index >= 15 is 0 Å². The number of rotatable bonds is 5. The van der Waals surface area contributed by atoms with Crippen molar-refractivity contribution < 1.29 is 9.53 Å². The van der Waals surface area contributed by atoms with Gasteiger partial charge in [-0.3, -0.25) is 10.1 Å². The average molecular weight is 275 g/mol. The molecule has 0 aromatic carbocycles. The lowest BCUT2D eigenvalue weighted by Crippen LogP contribution is -2.41. The van der Waals surface area contributed by atoms with Crippen LogP contribution in [0.2, 0.25) is 0 Å². The number of hydrogen-bond acceptors (Lipinski definition) is 4. The summed E-state index contributed by atoms with van der Waals surface area (Å²) in [7, 11) is 1.41. The first-order valence-electron chi connectivity index (χ1n) is 6.77. The smallest absolute Gasteiger partial charge is 0.323 e. The summed E-state index contributed by atoms with van der Waals surface area (Å²) in [5.74, 6) is -0.0617. The second-order valence-corrected chi connectivity index (χ2v) is 5.26. The minimum atomic E-state index is -0.310.